The Balaban J connectivity index is 3.85. The summed E-state index contributed by atoms with van der Waals surface area (Å²) in [6.45, 7) is 9.47. The average Bonchev–Trinajstić information content (AvgIpc) is 3.06. The SMILES string of the molecule is CCCCCCCCCCCCOC(CCCCCCCCCCCCCO[Si]CCC(C)S)OCCCCCCCCCCCC. The monoisotopic (exact) mass is 699 g/mol. The molecule has 0 rings (SSSR count). The van der Waals surface area contributed by atoms with E-state index < -0.39 is 0 Å². The average molecular weight is 699 g/mol. The minimum atomic E-state index is 0.0229. The van der Waals surface area contributed by atoms with Crippen LogP contribution in [0.2, 0.25) is 6.04 Å². The highest BCUT2D eigenvalue weighted by Crippen LogP contribution is 2.17. The Morgan fingerprint density at radius 3 is 1.09 bits per heavy atom. The summed E-state index contributed by atoms with van der Waals surface area (Å²) in [7, 11) is 0.669. The van der Waals surface area contributed by atoms with E-state index in [1.165, 1.54) is 212 Å². The maximum Gasteiger partial charge on any atom is 0.229 e. The molecular weight excluding hydrogens is 613 g/mol. The van der Waals surface area contributed by atoms with Gasteiger partial charge in [0.05, 0.1) is 0 Å². The van der Waals surface area contributed by atoms with Gasteiger partial charge in [-0.2, -0.15) is 12.6 Å². The van der Waals surface area contributed by atoms with Crippen molar-refractivity contribution < 1.29 is 13.9 Å². The van der Waals surface area contributed by atoms with Gasteiger partial charge in [0.2, 0.25) is 9.76 Å². The maximum absolute atomic E-state index is 6.31. The number of thiol groups is 1. The van der Waals surface area contributed by atoms with Crippen LogP contribution in [-0.2, 0) is 13.9 Å². The second-order valence-electron chi connectivity index (χ2n) is 14.6. The second kappa shape index (κ2) is 42.6. The van der Waals surface area contributed by atoms with Gasteiger partial charge in [-0.1, -0.05) is 194 Å². The van der Waals surface area contributed by atoms with Crippen LogP contribution >= 0.6 is 12.6 Å². The molecule has 0 aliphatic rings. The molecule has 1 unspecified atom stereocenters. The minimum Gasteiger partial charge on any atom is -0.417 e. The number of unbranched alkanes of at least 4 members (excludes halogenated alkanes) is 28. The first-order valence-corrected chi connectivity index (χ1v) is 23.1. The van der Waals surface area contributed by atoms with E-state index in [-0.39, 0.29) is 6.29 Å². The van der Waals surface area contributed by atoms with E-state index in [0.717, 1.165) is 26.2 Å². The van der Waals surface area contributed by atoms with Gasteiger partial charge in [0.25, 0.3) is 0 Å². The highest BCUT2D eigenvalue weighted by Gasteiger charge is 2.09. The summed E-state index contributed by atoms with van der Waals surface area (Å²) in [6, 6.07) is 1.17. The van der Waals surface area contributed by atoms with Gasteiger partial charge in [0.1, 0.15) is 0 Å². The highest BCUT2D eigenvalue weighted by molar-refractivity contribution is 7.80. The van der Waals surface area contributed by atoms with E-state index in [4.69, 9.17) is 13.9 Å². The zero-order valence-corrected chi connectivity index (χ0v) is 34.4. The first-order valence-electron chi connectivity index (χ1n) is 21.5. The molecule has 2 radical (unpaired) electrons. The first-order chi connectivity index (χ1) is 23.2. The van der Waals surface area contributed by atoms with Crippen molar-refractivity contribution in [1.29, 1.82) is 0 Å². The van der Waals surface area contributed by atoms with Crippen LogP contribution in [0.25, 0.3) is 0 Å². The van der Waals surface area contributed by atoms with Crippen molar-refractivity contribution >= 4 is 22.4 Å². The van der Waals surface area contributed by atoms with E-state index in [0.29, 0.717) is 15.0 Å². The Hall–Kier alpha value is 0.447. The summed E-state index contributed by atoms with van der Waals surface area (Å²) in [5, 5.41) is 0.505. The van der Waals surface area contributed by atoms with Gasteiger partial charge in [-0.15, -0.1) is 0 Å². The zero-order chi connectivity index (χ0) is 34.1. The summed E-state index contributed by atoms with van der Waals surface area (Å²) >= 11 is 4.43. The van der Waals surface area contributed by atoms with Crippen LogP contribution in [0.1, 0.15) is 233 Å². The molecule has 0 spiro atoms. The van der Waals surface area contributed by atoms with Crippen molar-refractivity contribution in [1.82, 2.24) is 0 Å². The van der Waals surface area contributed by atoms with Gasteiger partial charge in [0, 0.05) is 19.8 Å². The molecule has 0 N–H and O–H groups in total. The maximum atomic E-state index is 6.31. The fourth-order valence-electron chi connectivity index (χ4n) is 6.31. The molecule has 0 heterocycles. The molecule has 0 fully saturated rings. The van der Waals surface area contributed by atoms with Gasteiger partial charge >= 0.3 is 0 Å². The molecule has 0 amide bonds. The van der Waals surface area contributed by atoms with Gasteiger partial charge < -0.3 is 13.9 Å². The smallest absolute Gasteiger partial charge is 0.229 e. The van der Waals surface area contributed by atoms with Gasteiger partial charge in [-0.05, 0) is 49.8 Å². The summed E-state index contributed by atoms with van der Waals surface area (Å²) in [5.41, 5.74) is 0. The lowest BCUT2D eigenvalue weighted by Crippen LogP contribution is -2.19. The lowest BCUT2D eigenvalue weighted by Gasteiger charge is -2.19. The second-order valence-corrected chi connectivity index (χ2v) is 16.6. The van der Waals surface area contributed by atoms with Crippen molar-refractivity contribution in [3.8, 4) is 0 Å². The lowest BCUT2D eigenvalue weighted by atomic mass is 10.1. The molecule has 0 saturated carbocycles. The van der Waals surface area contributed by atoms with Crippen LogP contribution in [0.4, 0.5) is 0 Å². The lowest BCUT2D eigenvalue weighted by molar-refractivity contribution is -0.148. The van der Waals surface area contributed by atoms with Crippen LogP contribution in [-0.4, -0.2) is 41.1 Å². The molecule has 1 atom stereocenters. The predicted molar refractivity (Wildman–Crippen MR) is 214 cm³/mol. The van der Waals surface area contributed by atoms with Gasteiger partial charge in [-0.25, -0.2) is 0 Å². The van der Waals surface area contributed by atoms with Crippen molar-refractivity contribution in [2.45, 2.75) is 250 Å². The Morgan fingerprint density at radius 1 is 0.404 bits per heavy atom. The third-order valence-corrected chi connectivity index (χ3v) is 10.7. The molecule has 0 aliphatic carbocycles. The molecule has 5 heteroatoms. The summed E-state index contributed by atoms with van der Waals surface area (Å²) in [4.78, 5) is 0. The standard InChI is InChI=1S/C42H86O3SSi/c1-4-6-8-10-12-14-20-24-28-32-37-43-42(44-38-33-29-25-21-15-13-11-9-7-5-2)35-31-27-23-19-17-16-18-22-26-30-34-39-45-47-40-36-41(3)46/h41-42,46H,4-40H2,1-3H3. The molecule has 0 aromatic heterocycles. The Kier molecular flexibility index (Phi) is 43.0. The van der Waals surface area contributed by atoms with Crippen molar-refractivity contribution in [2.24, 2.45) is 0 Å². The summed E-state index contributed by atoms with van der Waals surface area (Å²) in [5.74, 6) is 0. The van der Waals surface area contributed by atoms with Crippen molar-refractivity contribution in [3.05, 3.63) is 0 Å². The Bertz CT molecular complexity index is 524. The van der Waals surface area contributed by atoms with Crippen LogP contribution in [0.3, 0.4) is 0 Å². The number of hydrogen-bond donors (Lipinski definition) is 1. The molecule has 0 aromatic rings. The molecule has 0 bridgehead atoms. The Labute approximate surface area is 305 Å². The summed E-state index contributed by atoms with van der Waals surface area (Å²) in [6.07, 6.45) is 44.6. The quantitative estimate of drug-likeness (QED) is 0.0298. The van der Waals surface area contributed by atoms with E-state index in [2.05, 4.69) is 33.4 Å². The van der Waals surface area contributed by atoms with Crippen molar-refractivity contribution in [2.75, 3.05) is 19.8 Å². The topological polar surface area (TPSA) is 27.7 Å². The first kappa shape index (κ1) is 47.4. The minimum absolute atomic E-state index is 0.0229. The number of rotatable bonds is 42. The Morgan fingerprint density at radius 2 is 0.723 bits per heavy atom. The third-order valence-electron chi connectivity index (χ3n) is 9.56. The van der Waals surface area contributed by atoms with Gasteiger partial charge in [-0.3, -0.25) is 0 Å². The van der Waals surface area contributed by atoms with Crippen LogP contribution in [0, 0.1) is 0 Å². The third kappa shape index (κ3) is 42.5. The molecule has 3 nitrogen and oxygen atoms in total. The largest absolute Gasteiger partial charge is 0.417 e. The molecule has 0 saturated heterocycles. The van der Waals surface area contributed by atoms with E-state index in [9.17, 15) is 0 Å². The number of ether oxygens (including phenoxy) is 2. The van der Waals surface area contributed by atoms with E-state index >= 15 is 0 Å². The van der Waals surface area contributed by atoms with Crippen molar-refractivity contribution in [3.63, 3.8) is 0 Å². The van der Waals surface area contributed by atoms with E-state index in [1.54, 1.807) is 0 Å². The normalized spacial score (nSPS) is 12.4. The van der Waals surface area contributed by atoms with Crippen LogP contribution in [0.15, 0.2) is 0 Å². The molecular formula is C42H86O3SSi. The summed E-state index contributed by atoms with van der Waals surface area (Å²) < 4.78 is 18.4. The molecule has 282 valence electrons. The zero-order valence-electron chi connectivity index (χ0n) is 32.5. The highest BCUT2D eigenvalue weighted by atomic mass is 32.1. The fraction of sp³-hybridized carbons (Fsp3) is 1.00. The van der Waals surface area contributed by atoms with Gasteiger partial charge in [0.15, 0.2) is 6.29 Å². The van der Waals surface area contributed by atoms with Crippen LogP contribution in [0.5, 0.6) is 0 Å². The molecule has 47 heavy (non-hydrogen) atoms. The van der Waals surface area contributed by atoms with E-state index in [1.807, 2.05) is 0 Å². The molecule has 0 aliphatic heterocycles. The number of hydrogen-bond acceptors (Lipinski definition) is 4. The van der Waals surface area contributed by atoms with Crippen LogP contribution < -0.4 is 0 Å². The predicted octanol–water partition coefficient (Wildman–Crippen LogP) is 14.6. The molecule has 0 aromatic carbocycles. The fourth-order valence-corrected chi connectivity index (χ4v) is 7.67.